The summed E-state index contributed by atoms with van der Waals surface area (Å²) in [5.74, 6) is -0.869. The first kappa shape index (κ1) is 22.6. The van der Waals surface area contributed by atoms with Gasteiger partial charge in [-0.25, -0.2) is 4.39 Å². The van der Waals surface area contributed by atoms with Gasteiger partial charge in [-0.2, -0.15) is 0 Å². The quantitative estimate of drug-likeness (QED) is 0.536. The van der Waals surface area contributed by atoms with Crippen LogP contribution in [0.4, 0.5) is 10.1 Å². The number of likely N-dealkylation sites (tertiary alicyclic amines) is 1. The maximum Gasteiger partial charge on any atom is 0.258 e. The van der Waals surface area contributed by atoms with Crippen LogP contribution in [0.25, 0.3) is 10.8 Å². The van der Waals surface area contributed by atoms with Gasteiger partial charge in [-0.1, -0.05) is 42.5 Å². The maximum absolute atomic E-state index is 13.9. The summed E-state index contributed by atoms with van der Waals surface area (Å²) in [6, 6.07) is 16.8. The zero-order valence-electron chi connectivity index (χ0n) is 18.6. The lowest BCUT2D eigenvalue weighted by molar-refractivity contribution is -0.124. The third kappa shape index (κ3) is 4.77. The van der Waals surface area contributed by atoms with Gasteiger partial charge >= 0.3 is 0 Å². The fraction of sp³-hybridized carbons (Fsp3) is 0.308. The van der Waals surface area contributed by atoms with Crippen molar-refractivity contribution in [1.82, 2.24) is 10.2 Å². The van der Waals surface area contributed by atoms with Crippen molar-refractivity contribution in [3.05, 3.63) is 72.0 Å². The molecule has 1 fully saturated rings. The average molecular weight is 450 g/mol. The number of carbonyl (C=O) groups is 2. The van der Waals surface area contributed by atoms with Crippen molar-refractivity contribution in [2.75, 3.05) is 31.6 Å². The van der Waals surface area contributed by atoms with Gasteiger partial charge in [-0.05, 0) is 42.8 Å². The molecule has 2 amide bonds. The smallest absolute Gasteiger partial charge is 0.258 e. The van der Waals surface area contributed by atoms with Crippen LogP contribution in [0.5, 0.6) is 5.75 Å². The number of amides is 2. The Morgan fingerprint density at radius 1 is 1.12 bits per heavy atom. The SMILES string of the molecule is CN(CCCNC(=O)C1CCCN1C(=O)c1ccc2ccccc2c1O)c1ccccc1F. The second-order valence-corrected chi connectivity index (χ2v) is 8.36. The highest BCUT2D eigenvalue weighted by molar-refractivity contribution is 6.05. The first-order valence-electron chi connectivity index (χ1n) is 11.2. The predicted octanol–water partition coefficient (Wildman–Crippen LogP) is 3.93. The molecule has 0 spiro atoms. The lowest BCUT2D eigenvalue weighted by Gasteiger charge is -2.25. The molecule has 1 aliphatic rings. The molecule has 0 aliphatic carbocycles. The number of anilines is 1. The number of halogens is 1. The largest absolute Gasteiger partial charge is 0.506 e. The molecule has 3 aromatic rings. The number of nitrogens with zero attached hydrogens (tertiary/aromatic N) is 2. The number of para-hydroxylation sites is 1. The van der Waals surface area contributed by atoms with E-state index in [1.54, 1.807) is 41.3 Å². The van der Waals surface area contributed by atoms with Crippen molar-refractivity contribution in [1.29, 1.82) is 0 Å². The summed E-state index contributed by atoms with van der Waals surface area (Å²) in [6.07, 6.45) is 1.96. The lowest BCUT2D eigenvalue weighted by atomic mass is 10.0. The van der Waals surface area contributed by atoms with E-state index < -0.39 is 6.04 Å². The van der Waals surface area contributed by atoms with E-state index in [2.05, 4.69) is 5.32 Å². The second kappa shape index (κ2) is 9.90. The minimum atomic E-state index is -0.562. The Hall–Kier alpha value is -3.61. The molecule has 0 bridgehead atoms. The first-order valence-corrected chi connectivity index (χ1v) is 11.2. The van der Waals surface area contributed by atoms with Crippen LogP contribution < -0.4 is 10.2 Å². The van der Waals surface area contributed by atoms with Crippen molar-refractivity contribution in [3.63, 3.8) is 0 Å². The summed E-state index contributed by atoms with van der Waals surface area (Å²) in [4.78, 5) is 29.4. The number of benzene rings is 3. The molecule has 0 saturated carbocycles. The van der Waals surface area contributed by atoms with Crippen LogP contribution in [-0.4, -0.2) is 54.5 Å². The molecule has 7 heteroatoms. The van der Waals surface area contributed by atoms with E-state index in [0.717, 1.165) is 11.8 Å². The van der Waals surface area contributed by atoms with Gasteiger partial charge in [0.25, 0.3) is 5.91 Å². The molecule has 0 aromatic heterocycles. The Kier molecular flexibility index (Phi) is 6.77. The maximum atomic E-state index is 13.9. The normalized spacial score (nSPS) is 15.6. The third-order valence-electron chi connectivity index (χ3n) is 6.18. The summed E-state index contributed by atoms with van der Waals surface area (Å²) >= 11 is 0. The van der Waals surface area contributed by atoms with Gasteiger partial charge in [0, 0.05) is 32.1 Å². The van der Waals surface area contributed by atoms with Crippen LogP contribution in [-0.2, 0) is 4.79 Å². The van der Waals surface area contributed by atoms with Gasteiger partial charge in [0.15, 0.2) is 0 Å². The molecule has 2 N–H and O–H groups in total. The molecule has 1 heterocycles. The molecule has 1 unspecified atom stereocenters. The Balaban J connectivity index is 1.35. The van der Waals surface area contributed by atoms with Gasteiger partial charge < -0.3 is 20.2 Å². The van der Waals surface area contributed by atoms with Crippen LogP contribution in [0.3, 0.4) is 0 Å². The molecular weight excluding hydrogens is 421 g/mol. The summed E-state index contributed by atoms with van der Waals surface area (Å²) in [6.45, 7) is 1.48. The van der Waals surface area contributed by atoms with Crippen LogP contribution in [0.15, 0.2) is 60.7 Å². The van der Waals surface area contributed by atoms with E-state index in [1.165, 1.54) is 6.07 Å². The lowest BCUT2D eigenvalue weighted by Crippen LogP contribution is -2.46. The highest BCUT2D eigenvalue weighted by atomic mass is 19.1. The summed E-state index contributed by atoms with van der Waals surface area (Å²) < 4.78 is 13.9. The molecule has 0 radical (unpaired) electrons. The van der Waals surface area contributed by atoms with Gasteiger partial charge in [0.1, 0.15) is 17.6 Å². The van der Waals surface area contributed by atoms with Crippen molar-refractivity contribution >= 4 is 28.3 Å². The second-order valence-electron chi connectivity index (χ2n) is 8.36. The van der Waals surface area contributed by atoms with E-state index in [-0.39, 0.29) is 28.9 Å². The standard InChI is InChI=1S/C26H28FN3O3/c1-29(22-11-5-4-10-21(22)27)16-7-15-28-25(32)23-12-6-17-30(23)26(33)20-14-13-18-8-2-3-9-19(18)24(20)31/h2-5,8-11,13-14,23,31H,6-7,12,15-17H2,1H3,(H,28,32). The molecule has 1 saturated heterocycles. The summed E-state index contributed by atoms with van der Waals surface area (Å²) in [5, 5.41) is 15.0. The van der Waals surface area contributed by atoms with Gasteiger partial charge in [-0.15, -0.1) is 0 Å². The molecular formula is C26H28FN3O3. The highest BCUT2D eigenvalue weighted by Crippen LogP contribution is 2.31. The number of phenols is 1. The minimum Gasteiger partial charge on any atom is -0.506 e. The Morgan fingerprint density at radius 3 is 2.70 bits per heavy atom. The van der Waals surface area contributed by atoms with Crippen molar-refractivity contribution in [2.24, 2.45) is 0 Å². The number of carbonyl (C=O) groups excluding carboxylic acids is 2. The van der Waals surface area contributed by atoms with E-state index >= 15 is 0 Å². The Bertz CT molecular complexity index is 1170. The molecule has 172 valence electrons. The molecule has 1 aliphatic heterocycles. The molecule has 33 heavy (non-hydrogen) atoms. The number of rotatable bonds is 7. The summed E-state index contributed by atoms with van der Waals surface area (Å²) in [5.41, 5.74) is 0.728. The van der Waals surface area contributed by atoms with Crippen LogP contribution in [0.2, 0.25) is 0 Å². The summed E-state index contributed by atoms with van der Waals surface area (Å²) in [7, 11) is 1.81. The monoisotopic (exact) mass is 449 g/mol. The van der Waals surface area contributed by atoms with Crippen LogP contribution in [0.1, 0.15) is 29.6 Å². The van der Waals surface area contributed by atoms with Crippen molar-refractivity contribution in [3.8, 4) is 5.75 Å². The Labute approximate surface area is 192 Å². The number of hydrogen-bond acceptors (Lipinski definition) is 4. The van der Waals surface area contributed by atoms with E-state index in [1.807, 2.05) is 30.1 Å². The number of phenolic OH excluding ortho intramolecular Hbond substituents is 1. The van der Waals surface area contributed by atoms with Crippen molar-refractivity contribution < 1.29 is 19.1 Å². The fourth-order valence-electron chi connectivity index (χ4n) is 4.39. The van der Waals surface area contributed by atoms with Crippen LogP contribution in [0, 0.1) is 5.82 Å². The zero-order valence-corrected chi connectivity index (χ0v) is 18.6. The van der Waals surface area contributed by atoms with Crippen LogP contribution >= 0.6 is 0 Å². The van der Waals surface area contributed by atoms with Crippen molar-refractivity contribution in [2.45, 2.75) is 25.3 Å². The molecule has 3 aromatic carbocycles. The highest BCUT2D eigenvalue weighted by Gasteiger charge is 2.35. The van der Waals surface area contributed by atoms with Gasteiger partial charge in [0.2, 0.25) is 5.91 Å². The molecule has 4 rings (SSSR count). The first-order chi connectivity index (χ1) is 16.0. The van der Waals surface area contributed by atoms with Gasteiger partial charge in [-0.3, -0.25) is 9.59 Å². The minimum absolute atomic E-state index is 0.0552. The topological polar surface area (TPSA) is 72.9 Å². The van der Waals surface area contributed by atoms with E-state index in [9.17, 15) is 19.1 Å². The molecule has 1 atom stereocenters. The number of hydrogen-bond donors (Lipinski definition) is 2. The predicted molar refractivity (Wildman–Crippen MR) is 127 cm³/mol. The Morgan fingerprint density at radius 2 is 1.88 bits per heavy atom. The fourth-order valence-corrected chi connectivity index (χ4v) is 4.39. The molecule has 6 nitrogen and oxygen atoms in total. The number of aromatic hydroxyl groups is 1. The number of nitrogens with one attached hydrogen (secondary N) is 1. The van der Waals surface area contributed by atoms with E-state index in [0.29, 0.717) is 43.5 Å². The average Bonchev–Trinajstić information content (AvgIpc) is 3.32. The number of fused-ring (bicyclic) bond motifs is 1. The zero-order chi connectivity index (χ0) is 23.4. The van der Waals surface area contributed by atoms with E-state index in [4.69, 9.17) is 0 Å². The third-order valence-corrected chi connectivity index (χ3v) is 6.18. The van der Waals surface area contributed by atoms with Gasteiger partial charge in [0.05, 0.1) is 11.3 Å².